The van der Waals surface area contributed by atoms with Gasteiger partial charge in [0, 0.05) is 31.2 Å². The van der Waals surface area contributed by atoms with E-state index in [0.29, 0.717) is 30.4 Å². The summed E-state index contributed by atoms with van der Waals surface area (Å²) in [6.45, 7) is 4.03. The number of hydrogen-bond donors (Lipinski definition) is 2. The van der Waals surface area contributed by atoms with Gasteiger partial charge in [-0.15, -0.1) is 0 Å². The molecule has 3 N–H and O–H groups in total. The van der Waals surface area contributed by atoms with Gasteiger partial charge in [-0.3, -0.25) is 9.59 Å². The molecule has 0 saturated carbocycles. The molecular formula is C14H19N3O3. The third-order valence-corrected chi connectivity index (χ3v) is 3.12. The monoisotopic (exact) mass is 277 g/mol. The largest absolute Gasteiger partial charge is 0.484 e. The van der Waals surface area contributed by atoms with E-state index in [1.165, 1.54) is 0 Å². The molecule has 0 spiro atoms. The van der Waals surface area contributed by atoms with Crippen molar-refractivity contribution in [2.45, 2.75) is 13.0 Å². The maximum absolute atomic E-state index is 12.4. The highest BCUT2D eigenvalue weighted by atomic mass is 16.5. The van der Waals surface area contributed by atoms with Gasteiger partial charge in [-0.2, -0.15) is 0 Å². The minimum atomic E-state index is -0.544. The van der Waals surface area contributed by atoms with Crippen LogP contribution in [-0.2, 0) is 4.79 Å². The van der Waals surface area contributed by atoms with Crippen LogP contribution in [-0.4, -0.2) is 49.0 Å². The highest BCUT2D eigenvalue weighted by molar-refractivity contribution is 5.94. The number of hydrogen-bond acceptors (Lipinski definition) is 4. The van der Waals surface area contributed by atoms with E-state index in [-0.39, 0.29) is 12.5 Å². The number of nitrogens with one attached hydrogen (secondary N) is 1. The number of rotatable bonds is 4. The van der Waals surface area contributed by atoms with E-state index in [0.717, 1.165) is 6.54 Å². The van der Waals surface area contributed by atoms with Crippen molar-refractivity contribution in [2.75, 3.05) is 26.2 Å². The van der Waals surface area contributed by atoms with Crippen LogP contribution in [0, 0.1) is 0 Å². The van der Waals surface area contributed by atoms with Crippen LogP contribution in [0.4, 0.5) is 0 Å². The number of amides is 2. The molecule has 2 rings (SSSR count). The molecule has 20 heavy (non-hydrogen) atoms. The molecule has 1 fully saturated rings. The van der Waals surface area contributed by atoms with E-state index >= 15 is 0 Å². The molecule has 1 aromatic carbocycles. The quantitative estimate of drug-likeness (QED) is 0.810. The Kier molecular flexibility index (Phi) is 4.57. The molecule has 0 aliphatic carbocycles. The average Bonchev–Trinajstić information content (AvgIpc) is 2.44. The normalized spacial score (nSPS) is 18.6. The molecule has 0 unspecified atom stereocenters. The number of carbonyl (C=O) groups excluding carboxylic acids is 2. The molecule has 1 aliphatic heterocycles. The van der Waals surface area contributed by atoms with Crippen molar-refractivity contribution < 1.29 is 14.3 Å². The Labute approximate surface area is 117 Å². The van der Waals surface area contributed by atoms with Crippen LogP contribution in [0.15, 0.2) is 24.3 Å². The number of benzene rings is 1. The molecule has 1 heterocycles. The average molecular weight is 277 g/mol. The van der Waals surface area contributed by atoms with Gasteiger partial charge < -0.3 is 20.7 Å². The summed E-state index contributed by atoms with van der Waals surface area (Å²) in [6, 6.07) is 7.10. The summed E-state index contributed by atoms with van der Waals surface area (Å²) in [5, 5.41) is 3.29. The zero-order valence-electron chi connectivity index (χ0n) is 11.5. The summed E-state index contributed by atoms with van der Waals surface area (Å²) < 4.78 is 5.21. The Morgan fingerprint density at radius 2 is 2.30 bits per heavy atom. The lowest BCUT2D eigenvalue weighted by Gasteiger charge is -2.32. The Morgan fingerprint density at radius 1 is 1.50 bits per heavy atom. The second kappa shape index (κ2) is 6.38. The summed E-state index contributed by atoms with van der Waals surface area (Å²) in [4.78, 5) is 24.9. The molecule has 1 aliphatic rings. The fraction of sp³-hybridized carbons (Fsp3) is 0.429. The minimum Gasteiger partial charge on any atom is -0.484 e. The van der Waals surface area contributed by atoms with Crippen LogP contribution in [0.25, 0.3) is 0 Å². The molecular weight excluding hydrogens is 258 g/mol. The van der Waals surface area contributed by atoms with Crippen LogP contribution in [0.2, 0.25) is 0 Å². The summed E-state index contributed by atoms with van der Waals surface area (Å²) in [5.74, 6) is -0.0987. The SMILES string of the molecule is C[C@H]1CN(C(=O)c2cccc(OCC(N)=O)c2)CCN1. The van der Waals surface area contributed by atoms with Gasteiger partial charge in [0.1, 0.15) is 5.75 Å². The maximum Gasteiger partial charge on any atom is 0.255 e. The fourth-order valence-corrected chi connectivity index (χ4v) is 2.17. The number of nitrogens with two attached hydrogens (primary N) is 1. The number of ether oxygens (including phenoxy) is 1. The minimum absolute atomic E-state index is 0.0251. The van der Waals surface area contributed by atoms with Crippen molar-refractivity contribution >= 4 is 11.8 Å². The van der Waals surface area contributed by atoms with Crippen molar-refractivity contribution in [3.8, 4) is 5.75 Å². The first-order valence-corrected chi connectivity index (χ1v) is 6.60. The first kappa shape index (κ1) is 14.3. The Morgan fingerprint density at radius 3 is 3.00 bits per heavy atom. The third kappa shape index (κ3) is 3.71. The van der Waals surface area contributed by atoms with Gasteiger partial charge in [-0.25, -0.2) is 0 Å². The van der Waals surface area contributed by atoms with Crippen molar-refractivity contribution in [1.29, 1.82) is 0 Å². The Balaban J connectivity index is 2.05. The predicted octanol–water partition coefficient (Wildman–Crippen LogP) is -0.0154. The van der Waals surface area contributed by atoms with Crippen molar-refractivity contribution in [3.05, 3.63) is 29.8 Å². The second-order valence-electron chi connectivity index (χ2n) is 4.89. The number of piperazine rings is 1. The van der Waals surface area contributed by atoms with Crippen LogP contribution >= 0.6 is 0 Å². The van der Waals surface area contributed by atoms with Crippen molar-refractivity contribution in [3.63, 3.8) is 0 Å². The molecule has 1 saturated heterocycles. The standard InChI is InChI=1S/C14H19N3O3/c1-10-8-17(6-5-16-10)14(19)11-3-2-4-12(7-11)20-9-13(15)18/h2-4,7,10,16H,5-6,8-9H2,1H3,(H2,15,18)/t10-/m0/s1. The van der Waals surface area contributed by atoms with Crippen LogP contribution in [0.1, 0.15) is 17.3 Å². The fourth-order valence-electron chi connectivity index (χ4n) is 2.17. The van der Waals surface area contributed by atoms with Crippen molar-refractivity contribution in [2.24, 2.45) is 5.73 Å². The van der Waals surface area contributed by atoms with Gasteiger partial charge in [0.15, 0.2) is 6.61 Å². The molecule has 108 valence electrons. The topological polar surface area (TPSA) is 84.7 Å². The first-order chi connectivity index (χ1) is 9.56. The van der Waals surface area contributed by atoms with Gasteiger partial charge in [-0.05, 0) is 25.1 Å². The zero-order chi connectivity index (χ0) is 14.5. The van der Waals surface area contributed by atoms with E-state index in [1.807, 2.05) is 11.8 Å². The zero-order valence-corrected chi connectivity index (χ0v) is 11.5. The summed E-state index contributed by atoms with van der Waals surface area (Å²) in [7, 11) is 0. The van der Waals surface area contributed by atoms with Crippen molar-refractivity contribution in [1.82, 2.24) is 10.2 Å². The van der Waals surface area contributed by atoms with E-state index in [2.05, 4.69) is 5.32 Å². The van der Waals surface area contributed by atoms with E-state index in [9.17, 15) is 9.59 Å². The molecule has 0 aromatic heterocycles. The number of carbonyl (C=O) groups is 2. The smallest absolute Gasteiger partial charge is 0.255 e. The maximum atomic E-state index is 12.4. The second-order valence-corrected chi connectivity index (χ2v) is 4.89. The van der Waals surface area contributed by atoms with E-state index in [4.69, 9.17) is 10.5 Å². The third-order valence-electron chi connectivity index (χ3n) is 3.12. The highest BCUT2D eigenvalue weighted by Crippen LogP contribution is 2.15. The lowest BCUT2D eigenvalue weighted by Crippen LogP contribution is -2.51. The van der Waals surface area contributed by atoms with Gasteiger partial charge >= 0.3 is 0 Å². The molecule has 0 bridgehead atoms. The molecule has 1 aromatic rings. The molecule has 6 nitrogen and oxygen atoms in total. The molecule has 0 radical (unpaired) electrons. The van der Waals surface area contributed by atoms with Gasteiger partial charge in [0.2, 0.25) is 0 Å². The number of primary amides is 1. The lowest BCUT2D eigenvalue weighted by molar-refractivity contribution is -0.119. The van der Waals surface area contributed by atoms with Crippen LogP contribution in [0.3, 0.4) is 0 Å². The van der Waals surface area contributed by atoms with E-state index in [1.54, 1.807) is 24.3 Å². The molecule has 1 atom stereocenters. The van der Waals surface area contributed by atoms with Gasteiger partial charge in [0.25, 0.3) is 11.8 Å². The summed E-state index contributed by atoms with van der Waals surface area (Å²) in [5.41, 5.74) is 5.58. The molecule has 6 heteroatoms. The van der Waals surface area contributed by atoms with Crippen LogP contribution < -0.4 is 15.8 Å². The predicted molar refractivity (Wildman–Crippen MR) is 74.5 cm³/mol. The van der Waals surface area contributed by atoms with Gasteiger partial charge in [0.05, 0.1) is 0 Å². The Hall–Kier alpha value is -2.08. The number of nitrogens with zero attached hydrogens (tertiary/aromatic N) is 1. The Bertz CT molecular complexity index is 504. The highest BCUT2D eigenvalue weighted by Gasteiger charge is 2.21. The summed E-state index contributed by atoms with van der Waals surface area (Å²) >= 11 is 0. The van der Waals surface area contributed by atoms with Gasteiger partial charge in [-0.1, -0.05) is 6.07 Å². The lowest BCUT2D eigenvalue weighted by atomic mass is 10.1. The summed E-state index contributed by atoms with van der Waals surface area (Å²) in [6.07, 6.45) is 0. The van der Waals surface area contributed by atoms with E-state index < -0.39 is 5.91 Å². The first-order valence-electron chi connectivity index (χ1n) is 6.60. The molecule has 2 amide bonds. The van der Waals surface area contributed by atoms with Crippen LogP contribution in [0.5, 0.6) is 5.75 Å².